The number of nitrogens with one attached hydrogen (secondary N) is 1. The van der Waals surface area contributed by atoms with E-state index in [0.717, 1.165) is 13.1 Å². The second-order valence-corrected chi connectivity index (χ2v) is 3.89. The van der Waals surface area contributed by atoms with E-state index >= 15 is 0 Å². The van der Waals surface area contributed by atoms with Gasteiger partial charge in [-0.15, -0.1) is 0 Å². The van der Waals surface area contributed by atoms with Gasteiger partial charge in [-0.3, -0.25) is 4.90 Å². The molecule has 0 amide bonds. The molecule has 0 aliphatic carbocycles. The Hall–Kier alpha value is -0.120. The van der Waals surface area contributed by atoms with Crippen molar-refractivity contribution in [3.05, 3.63) is 0 Å². The summed E-state index contributed by atoms with van der Waals surface area (Å²) in [6.07, 6.45) is 0. The molecule has 1 aliphatic rings. The smallest absolute Gasteiger partial charge is 0.0486 e. The molecule has 3 nitrogen and oxygen atoms in total. The molecule has 2 atom stereocenters. The SMILES string of the molecule is CNC1CN(C(C)C)CC1CO. The molecule has 0 aromatic heterocycles. The van der Waals surface area contributed by atoms with Gasteiger partial charge in [0.2, 0.25) is 0 Å². The monoisotopic (exact) mass is 172 g/mol. The van der Waals surface area contributed by atoms with Gasteiger partial charge in [0.15, 0.2) is 0 Å². The van der Waals surface area contributed by atoms with Crippen LogP contribution in [0.2, 0.25) is 0 Å². The third-order valence-electron chi connectivity index (χ3n) is 2.80. The van der Waals surface area contributed by atoms with Crippen molar-refractivity contribution in [2.45, 2.75) is 25.9 Å². The Morgan fingerprint density at radius 2 is 2.17 bits per heavy atom. The molecule has 72 valence electrons. The summed E-state index contributed by atoms with van der Waals surface area (Å²) in [6, 6.07) is 1.06. The highest BCUT2D eigenvalue weighted by Gasteiger charge is 2.31. The second kappa shape index (κ2) is 4.21. The standard InChI is InChI=1S/C9H20N2O/c1-7(2)11-4-8(6-12)9(5-11)10-3/h7-10,12H,4-6H2,1-3H3. The minimum atomic E-state index is 0.300. The Kier molecular flexibility index (Phi) is 3.50. The second-order valence-electron chi connectivity index (χ2n) is 3.89. The first kappa shape index (κ1) is 9.96. The molecule has 1 heterocycles. The zero-order chi connectivity index (χ0) is 9.14. The molecule has 1 saturated heterocycles. The van der Waals surface area contributed by atoms with Crippen molar-refractivity contribution in [1.82, 2.24) is 10.2 Å². The molecule has 0 spiro atoms. The summed E-state index contributed by atoms with van der Waals surface area (Å²) in [7, 11) is 1.97. The lowest BCUT2D eigenvalue weighted by Crippen LogP contribution is -2.35. The van der Waals surface area contributed by atoms with Gasteiger partial charge in [0.1, 0.15) is 0 Å². The third kappa shape index (κ3) is 1.97. The molecule has 2 unspecified atom stereocenters. The normalized spacial score (nSPS) is 31.8. The fourth-order valence-electron chi connectivity index (χ4n) is 1.84. The quantitative estimate of drug-likeness (QED) is 0.624. The molecule has 1 aliphatic heterocycles. The van der Waals surface area contributed by atoms with Crippen molar-refractivity contribution in [1.29, 1.82) is 0 Å². The molecule has 12 heavy (non-hydrogen) atoms. The number of rotatable bonds is 3. The van der Waals surface area contributed by atoms with E-state index in [2.05, 4.69) is 24.1 Å². The van der Waals surface area contributed by atoms with Crippen LogP contribution >= 0.6 is 0 Å². The molecule has 0 aromatic carbocycles. The van der Waals surface area contributed by atoms with Crippen LogP contribution in [-0.4, -0.2) is 48.8 Å². The maximum absolute atomic E-state index is 9.10. The van der Waals surface area contributed by atoms with Crippen molar-refractivity contribution in [3.8, 4) is 0 Å². The number of aliphatic hydroxyl groups excluding tert-OH is 1. The molecule has 0 saturated carbocycles. The average Bonchev–Trinajstić information content (AvgIpc) is 2.46. The van der Waals surface area contributed by atoms with Gasteiger partial charge in [-0.05, 0) is 20.9 Å². The van der Waals surface area contributed by atoms with Crippen LogP contribution in [0.4, 0.5) is 0 Å². The molecular weight excluding hydrogens is 152 g/mol. The number of nitrogens with zero attached hydrogens (tertiary/aromatic N) is 1. The van der Waals surface area contributed by atoms with Crippen LogP contribution in [0.3, 0.4) is 0 Å². The lowest BCUT2D eigenvalue weighted by Gasteiger charge is -2.19. The highest BCUT2D eigenvalue weighted by Crippen LogP contribution is 2.18. The van der Waals surface area contributed by atoms with E-state index in [1.807, 2.05) is 7.05 Å². The Labute approximate surface area is 74.8 Å². The molecule has 1 rings (SSSR count). The Balaban J connectivity index is 2.47. The molecule has 3 heteroatoms. The van der Waals surface area contributed by atoms with E-state index < -0.39 is 0 Å². The maximum Gasteiger partial charge on any atom is 0.0486 e. The summed E-state index contributed by atoms with van der Waals surface area (Å²) in [4.78, 5) is 2.40. The van der Waals surface area contributed by atoms with E-state index in [1.54, 1.807) is 0 Å². The average molecular weight is 172 g/mol. The fourth-order valence-corrected chi connectivity index (χ4v) is 1.84. The van der Waals surface area contributed by atoms with Crippen LogP contribution < -0.4 is 5.32 Å². The first-order valence-corrected chi connectivity index (χ1v) is 4.71. The minimum absolute atomic E-state index is 0.300. The van der Waals surface area contributed by atoms with Crippen molar-refractivity contribution in [2.75, 3.05) is 26.7 Å². The van der Waals surface area contributed by atoms with E-state index in [0.29, 0.717) is 24.6 Å². The topological polar surface area (TPSA) is 35.5 Å². The summed E-state index contributed by atoms with van der Waals surface area (Å²) in [5.41, 5.74) is 0. The van der Waals surface area contributed by atoms with E-state index in [9.17, 15) is 0 Å². The molecule has 0 bridgehead atoms. The Morgan fingerprint density at radius 3 is 2.50 bits per heavy atom. The highest BCUT2D eigenvalue weighted by atomic mass is 16.3. The number of likely N-dealkylation sites (tertiary alicyclic amines) is 1. The summed E-state index contributed by atoms with van der Waals surface area (Å²) in [5.74, 6) is 0.414. The summed E-state index contributed by atoms with van der Waals surface area (Å²) in [6.45, 7) is 6.80. The summed E-state index contributed by atoms with van der Waals surface area (Å²) in [5, 5.41) is 12.3. The fraction of sp³-hybridized carbons (Fsp3) is 1.00. The predicted octanol–water partition coefficient (Wildman–Crippen LogP) is -0.0931. The zero-order valence-corrected chi connectivity index (χ0v) is 8.25. The van der Waals surface area contributed by atoms with Gasteiger partial charge >= 0.3 is 0 Å². The van der Waals surface area contributed by atoms with Crippen molar-refractivity contribution >= 4 is 0 Å². The van der Waals surface area contributed by atoms with Gasteiger partial charge in [0.05, 0.1) is 0 Å². The Bertz CT molecular complexity index is 126. The number of aliphatic hydroxyl groups is 1. The summed E-state index contributed by atoms with van der Waals surface area (Å²) >= 11 is 0. The van der Waals surface area contributed by atoms with Crippen LogP contribution in [-0.2, 0) is 0 Å². The van der Waals surface area contributed by atoms with Gasteiger partial charge in [-0.2, -0.15) is 0 Å². The van der Waals surface area contributed by atoms with Gasteiger partial charge in [0, 0.05) is 37.7 Å². The van der Waals surface area contributed by atoms with Crippen molar-refractivity contribution in [3.63, 3.8) is 0 Å². The van der Waals surface area contributed by atoms with Crippen molar-refractivity contribution in [2.24, 2.45) is 5.92 Å². The van der Waals surface area contributed by atoms with E-state index in [1.165, 1.54) is 0 Å². The lowest BCUT2D eigenvalue weighted by molar-refractivity contribution is 0.202. The molecule has 2 N–H and O–H groups in total. The van der Waals surface area contributed by atoms with Crippen LogP contribution in [0, 0.1) is 5.92 Å². The van der Waals surface area contributed by atoms with Crippen LogP contribution in [0.5, 0.6) is 0 Å². The van der Waals surface area contributed by atoms with Crippen LogP contribution in [0.1, 0.15) is 13.8 Å². The largest absolute Gasteiger partial charge is 0.396 e. The zero-order valence-electron chi connectivity index (χ0n) is 8.25. The molecule has 0 aromatic rings. The lowest BCUT2D eigenvalue weighted by atomic mass is 10.1. The van der Waals surface area contributed by atoms with Crippen LogP contribution in [0.15, 0.2) is 0 Å². The Morgan fingerprint density at radius 1 is 1.50 bits per heavy atom. The highest BCUT2D eigenvalue weighted by molar-refractivity contribution is 4.88. The first-order valence-electron chi connectivity index (χ1n) is 4.71. The molecular formula is C9H20N2O. The summed E-state index contributed by atoms with van der Waals surface area (Å²) < 4.78 is 0. The third-order valence-corrected chi connectivity index (χ3v) is 2.80. The van der Waals surface area contributed by atoms with Crippen molar-refractivity contribution < 1.29 is 5.11 Å². The number of hydrogen-bond donors (Lipinski definition) is 2. The number of hydrogen-bond acceptors (Lipinski definition) is 3. The maximum atomic E-state index is 9.10. The minimum Gasteiger partial charge on any atom is -0.396 e. The van der Waals surface area contributed by atoms with Gasteiger partial charge in [0.25, 0.3) is 0 Å². The molecule has 1 fully saturated rings. The predicted molar refractivity (Wildman–Crippen MR) is 50.1 cm³/mol. The van der Waals surface area contributed by atoms with Gasteiger partial charge < -0.3 is 10.4 Å². The van der Waals surface area contributed by atoms with Gasteiger partial charge in [-0.25, -0.2) is 0 Å². The van der Waals surface area contributed by atoms with Gasteiger partial charge in [-0.1, -0.05) is 0 Å². The first-order chi connectivity index (χ1) is 5.69. The van der Waals surface area contributed by atoms with Crippen LogP contribution in [0.25, 0.3) is 0 Å². The molecule has 0 radical (unpaired) electrons. The van der Waals surface area contributed by atoms with E-state index in [4.69, 9.17) is 5.11 Å². The number of likely N-dealkylation sites (N-methyl/N-ethyl adjacent to an activating group) is 1. The van der Waals surface area contributed by atoms with E-state index in [-0.39, 0.29) is 0 Å².